The zero-order chi connectivity index (χ0) is 21.1. The van der Waals surface area contributed by atoms with Gasteiger partial charge in [0, 0.05) is 26.2 Å². The summed E-state index contributed by atoms with van der Waals surface area (Å²) in [7, 11) is 0. The van der Waals surface area contributed by atoms with Crippen LogP contribution in [-0.2, 0) is 16.0 Å². The minimum Gasteiger partial charge on any atom is -0.340 e. The Morgan fingerprint density at radius 2 is 1.87 bits per heavy atom. The van der Waals surface area contributed by atoms with E-state index in [2.05, 4.69) is 17.1 Å². The van der Waals surface area contributed by atoms with Gasteiger partial charge in [0.2, 0.25) is 5.91 Å². The summed E-state index contributed by atoms with van der Waals surface area (Å²) in [5.74, 6) is -0.0356. The van der Waals surface area contributed by atoms with Gasteiger partial charge in [0.05, 0.1) is 12.5 Å². The Labute approximate surface area is 178 Å². The van der Waals surface area contributed by atoms with Crippen LogP contribution in [0.5, 0.6) is 0 Å². The zero-order valence-electron chi connectivity index (χ0n) is 17.8. The molecule has 1 atom stereocenters. The third kappa shape index (κ3) is 4.08. The van der Waals surface area contributed by atoms with Gasteiger partial charge in [-0.1, -0.05) is 37.3 Å². The van der Waals surface area contributed by atoms with Gasteiger partial charge in [0.1, 0.15) is 5.54 Å². The number of carbonyl (C=O) groups is 3. The maximum atomic E-state index is 13.3. The molecule has 30 heavy (non-hydrogen) atoms. The SMILES string of the molecule is CCCN1CCC2(CC1)NC(=O)N([C@H]1CCCN(C(=O)Cc3ccccc3)C1)C2=O. The number of nitrogens with one attached hydrogen (secondary N) is 1. The van der Waals surface area contributed by atoms with E-state index in [-0.39, 0.29) is 23.9 Å². The van der Waals surface area contributed by atoms with E-state index >= 15 is 0 Å². The van der Waals surface area contributed by atoms with Crippen molar-refractivity contribution in [2.45, 2.75) is 57.0 Å². The molecule has 3 aliphatic heterocycles. The molecule has 3 saturated heterocycles. The maximum Gasteiger partial charge on any atom is 0.325 e. The molecule has 0 saturated carbocycles. The van der Waals surface area contributed by atoms with Crippen LogP contribution in [0.3, 0.4) is 0 Å². The van der Waals surface area contributed by atoms with Crippen molar-refractivity contribution in [1.82, 2.24) is 20.0 Å². The maximum absolute atomic E-state index is 13.3. The van der Waals surface area contributed by atoms with Gasteiger partial charge in [-0.05, 0) is 44.2 Å². The Morgan fingerprint density at radius 1 is 1.13 bits per heavy atom. The van der Waals surface area contributed by atoms with Crippen molar-refractivity contribution in [2.24, 2.45) is 0 Å². The number of likely N-dealkylation sites (tertiary alicyclic amines) is 2. The summed E-state index contributed by atoms with van der Waals surface area (Å²) in [6, 6.07) is 9.17. The molecule has 162 valence electrons. The molecule has 3 fully saturated rings. The standard InChI is InChI=1S/C23H32N4O3/c1-2-12-25-14-10-23(11-15-25)21(29)27(22(30)24-23)19-9-6-13-26(17-19)20(28)16-18-7-4-3-5-8-18/h3-5,7-8,19H,2,6,9-17H2,1H3,(H,24,30)/t19-/m0/s1. The first-order chi connectivity index (χ1) is 14.5. The number of imide groups is 1. The fourth-order valence-corrected chi connectivity index (χ4v) is 5.06. The van der Waals surface area contributed by atoms with E-state index in [0.717, 1.165) is 44.5 Å². The summed E-state index contributed by atoms with van der Waals surface area (Å²) in [4.78, 5) is 44.6. The minimum atomic E-state index is -0.752. The molecule has 0 radical (unpaired) electrons. The lowest BCUT2D eigenvalue weighted by molar-refractivity contribution is -0.138. The molecule has 1 aromatic carbocycles. The molecule has 4 amide bonds. The highest BCUT2D eigenvalue weighted by molar-refractivity contribution is 6.07. The van der Waals surface area contributed by atoms with Crippen LogP contribution in [0.15, 0.2) is 30.3 Å². The van der Waals surface area contributed by atoms with Gasteiger partial charge in [-0.2, -0.15) is 0 Å². The highest BCUT2D eigenvalue weighted by atomic mass is 16.2. The average molecular weight is 413 g/mol. The van der Waals surface area contributed by atoms with Crippen LogP contribution in [0.4, 0.5) is 4.79 Å². The molecule has 1 N–H and O–H groups in total. The summed E-state index contributed by atoms with van der Waals surface area (Å²) in [6.45, 7) is 5.97. The van der Waals surface area contributed by atoms with Crippen LogP contribution in [-0.4, -0.2) is 76.8 Å². The second-order valence-electron chi connectivity index (χ2n) is 8.83. The summed E-state index contributed by atoms with van der Waals surface area (Å²) >= 11 is 0. The molecule has 0 aromatic heterocycles. The molecule has 1 aromatic rings. The normalized spacial score (nSPS) is 24.4. The lowest BCUT2D eigenvalue weighted by atomic mass is 9.87. The van der Waals surface area contributed by atoms with Crippen molar-refractivity contribution in [1.29, 1.82) is 0 Å². The lowest BCUT2D eigenvalue weighted by Gasteiger charge is -2.39. The van der Waals surface area contributed by atoms with E-state index in [1.54, 1.807) is 0 Å². The molecular formula is C23H32N4O3. The third-order valence-electron chi connectivity index (χ3n) is 6.76. The minimum absolute atomic E-state index is 0.0561. The van der Waals surface area contributed by atoms with E-state index in [1.807, 2.05) is 35.2 Å². The van der Waals surface area contributed by atoms with Gasteiger partial charge in [-0.15, -0.1) is 0 Å². The Balaban J connectivity index is 1.40. The van der Waals surface area contributed by atoms with Gasteiger partial charge in [0.15, 0.2) is 0 Å². The van der Waals surface area contributed by atoms with Crippen molar-refractivity contribution in [3.05, 3.63) is 35.9 Å². The van der Waals surface area contributed by atoms with E-state index < -0.39 is 5.54 Å². The second-order valence-corrected chi connectivity index (χ2v) is 8.83. The van der Waals surface area contributed by atoms with E-state index in [9.17, 15) is 14.4 Å². The van der Waals surface area contributed by atoms with Gasteiger partial charge in [-0.3, -0.25) is 14.5 Å². The van der Waals surface area contributed by atoms with Gasteiger partial charge in [0.25, 0.3) is 5.91 Å². The highest BCUT2D eigenvalue weighted by Crippen LogP contribution is 2.32. The van der Waals surface area contributed by atoms with Crippen LogP contribution in [0, 0.1) is 0 Å². The quantitative estimate of drug-likeness (QED) is 0.751. The van der Waals surface area contributed by atoms with Gasteiger partial charge < -0.3 is 15.1 Å². The number of nitrogens with zero attached hydrogens (tertiary/aromatic N) is 3. The molecule has 3 aliphatic rings. The van der Waals surface area contributed by atoms with E-state index in [4.69, 9.17) is 0 Å². The van der Waals surface area contributed by atoms with Crippen LogP contribution in [0.2, 0.25) is 0 Å². The van der Waals surface area contributed by atoms with Gasteiger partial charge in [-0.25, -0.2) is 4.79 Å². The summed E-state index contributed by atoms with van der Waals surface area (Å²) in [6.07, 6.45) is 4.33. The predicted molar refractivity (Wildman–Crippen MR) is 114 cm³/mol. The molecule has 7 nitrogen and oxygen atoms in total. The number of urea groups is 1. The zero-order valence-corrected chi connectivity index (χ0v) is 17.8. The summed E-state index contributed by atoms with van der Waals surface area (Å²) in [5.41, 5.74) is 0.231. The first kappa shape index (κ1) is 20.8. The van der Waals surface area contributed by atoms with E-state index in [1.165, 1.54) is 4.90 Å². The fourth-order valence-electron chi connectivity index (χ4n) is 5.06. The molecular weight excluding hydrogens is 380 g/mol. The Bertz CT molecular complexity index is 789. The van der Waals surface area contributed by atoms with Crippen molar-refractivity contribution in [2.75, 3.05) is 32.7 Å². The monoisotopic (exact) mass is 412 g/mol. The van der Waals surface area contributed by atoms with Crippen LogP contribution in [0.1, 0.15) is 44.6 Å². The molecule has 0 bridgehead atoms. The summed E-state index contributed by atoms with van der Waals surface area (Å²) in [5, 5.41) is 3.02. The first-order valence-electron chi connectivity index (χ1n) is 11.2. The number of rotatable bonds is 5. The Morgan fingerprint density at radius 3 is 2.57 bits per heavy atom. The molecule has 3 heterocycles. The van der Waals surface area contributed by atoms with Crippen LogP contribution < -0.4 is 5.32 Å². The number of hydrogen-bond donors (Lipinski definition) is 1. The number of amides is 4. The number of carbonyl (C=O) groups excluding carboxylic acids is 3. The first-order valence-corrected chi connectivity index (χ1v) is 11.2. The molecule has 1 spiro atoms. The number of benzene rings is 1. The second kappa shape index (κ2) is 8.76. The average Bonchev–Trinajstić information content (AvgIpc) is 3.00. The summed E-state index contributed by atoms with van der Waals surface area (Å²) < 4.78 is 0. The molecule has 7 heteroatoms. The largest absolute Gasteiger partial charge is 0.340 e. The van der Waals surface area contributed by atoms with Crippen molar-refractivity contribution in [3.8, 4) is 0 Å². The number of piperidine rings is 2. The Hall–Kier alpha value is -2.41. The van der Waals surface area contributed by atoms with Crippen molar-refractivity contribution in [3.63, 3.8) is 0 Å². The lowest BCUT2D eigenvalue weighted by Crippen LogP contribution is -2.56. The van der Waals surface area contributed by atoms with Crippen LogP contribution in [0.25, 0.3) is 0 Å². The molecule has 0 unspecified atom stereocenters. The van der Waals surface area contributed by atoms with Crippen LogP contribution >= 0.6 is 0 Å². The van der Waals surface area contributed by atoms with Crippen molar-refractivity contribution >= 4 is 17.8 Å². The third-order valence-corrected chi connectivity index (χ3v) is 6.76. The molecule has 0 aliphatic carbocycles. The van der Waals surface area contributed by atoms with Gasteiger partial charge >= 0.3 is 6.03 Å². The predicted octanol–water partition coefficient (Wildman–Crippen LogP) is 2.02. The fraction of sp³-hybridized carbons (Fsp3) is 0.609. The van der Waals surface area contributed by atoms with E-state index in [0.29, 0.717) is 32.4 Å². The molecule has 4 rings (SSSR count). The highest BCUT2D eigenvalue weighted by Gasteiger charge is 2.54. The number of hydrogen-bond acceptors (Lipinski definition) is 4. The topological polar surface area (TPSA) is 73.0 Å². The smallest absolute Gasteiger partial charge is 0.325 e. The Kier molecular flexibility index (Phi) is 6.09. The van der Waals surface area contributed by atoms with Crippen molar-refractivity contribution < 1.29 is 14.4 Å².